The lowest BCUT2D eigenvalue weighted by Crippen LogP contribution is -2.39. The van der Waals surface area contributed by atoms with Crippen LogP contribution in [0.5, 0.6) is 0 Å². The summed E-state index contributed by atoms with van der Waals surface area (Å²) in [7, 11) is 0. The third kappa shape index (κ3) is 5.66. The van der Waals surface area contributed by atoms with Crippen molar-refractivity contribution >= 4 is 5.82 Å². The zero-order valence-corrected chi connectivity index (χ0v) is 13.5. The Hall–Kier alpha value is -1.09. The third-order valence-electron chi connectivity index (χ3n) is 4.68. The summed E-state index contributed by atoms with van der Waals surface area (Å²) in [6.07, 6.45) is 13.9. The van der Waals surface area contributed by atoms with Crippen LogP contribution < -0.4 is 11.1 Å². The van der Waals surface area contributed by atoms with E-state index in [2.05, 4.69) is 23.3 Å². The van der Waals surface area contributed by atoms with E-state index in [4.69, 9.17) is 5.73 Å². The summed E-state index contributed by atoms with van der Waals surface area (Å²) in [5, 5.41) is 3.79. The van der Waals surface area contributed by atoms with Crippen molar-refractivity contribution in [3.63, 3.8) is 0 Å². The highest BCUT2D eigenvalue weighted by Gasteiger charge is 2.22. The maximum absolute atomic E-state index is 5.83. The Morgan fingerprint density at radius 2 is 1.95 bits per heavy atom. The molecule has 1 fully saturated rings. The van der Waals surface area contributed by atoms with Gasteiger partial charge in [-0.1, -0.05) is 39.0 Å². The predicted molar refractivity (Wildman–Crippen MR) is 90.2 cm³/mol. The molecule has 3 N–H and O–H groups in total. The lowest BCUT2D eigenvalue weighted by atomic mass is 9.83. The lowest BCUT2D eigenvalue weighted by molar-refractivity contribution is 0.283. The Bertz CT molecular complexity index is 397. The summed E-state index contributed by atoms with van der Waals surface area (Å²) in [4.78, 5) is 4.11. The van der Waals surface area contributed by atoms with Crippen molar-refractivity contribution in [2.24, 2.45) is 5.92 Å². The van der Waals surface area contributed by atoms with E-state index < -0.39 is 0 Å². The molecule has 1 aromatic heterocycles. The Labute approximate surface area is 129 Å². The SMILES string of the molecule is CCCNC(Cc1ccnc(N)c1)C1CCCCCCC1. The van der Waals surface area contributed by atoms with Gasteiger partial charge in [-0.25, -0.2) is 4.98 Å². The van der Waals surface area contributed by atoms with Gasteiger partial charge in [-0.3, -0.25) is 0 Å². The van der Waals surface area contributed by atoms with Gasteiger partial charge in [-0.2, -0.15) is 0 Å². The van der Waals surface area contributed by atoms with Crippen LogP contribution in [0.3, 0.4) is 0 Å². The van der Waals surface area contributed by atoms with E-state index in [0.717, 1.165) is 18.9 Å². The molecular formula is C18H31N3. The molecule has 1 aliphatic carbocycles. The normalized spacial score (nSPS) is 18.9. The van der Waals surface area contributed by atoms with Crippen LogP contribution in [0.15, 0.2) is 18.3 Å². The van der Waals surface area contributed by atoms with Crippen molar-refractivity contribution in [2.75, 3.05) is 12.3 Å². The van der Waals surface area contributed by atoms with Crippen LogP contribution >= 0.6 is 0 Å². The van der Waals surface area contributed by atoms with Crippen LogP contribution in [0.4, 0.5) is 5.82 Å². The summed E-state index contributed by atoms with van der Waals surface area (Å²) >= 11 is 0. The van der Waals surface area contributed by atoms with E-state index in [1.165, 1.54) is 56.9 Å². The minimum absolute atomic E-state index is 0.588. The van der Waals surface area contributed by atoms with Crippen LogP contribution in [-0.2, 0) is 6.42 Å². The topological polar surface area (TPSA) is 50.9 Å². The van der Waals surface area contributed by atoms with Gasteiger partial charge < -0.3 is 11.1 Å². The second-order valence-corrected chi connectivity index (χ2v) is 6.46. The fraction of sp³-hybridized carbons (Fsp3) is 0.722. The lowest BCUT2D eigenvalue weighted by Gasteiger charge is -2.30. The standard InChI is InChI=1S/C18H31N3/c1-2-11-20-17(13-15-10-12-21-18(19)14-15)16-8-6-4-3-5-7-9-16/h10,12,14,16-17,20H,2-9,11,13H2,1H3,(H2,19,21). The van der Waals surface area contributed by atoms with E-state index in [1.54, 1.807) is 0 Å². The zero-order chi connectivity index (χ0) is 14.9. The third-order valence-corrected chi connectivity index (χ3v) is 4.68. The number of hydrogen-bond donors (Lipinski definition) is 2. The van der Waals surface area contributed by atoms with Gasteiger partial charge in [0.2, 0.25) is 0 Å². The molecule has 0 aromatic carbocycles. The molecule has 1 aromatic rings. The molecule has 3 nitrogen and oxygen atoms in total. The summed E-state index contributed by atoms with van der Waals surface area (Å²) in [6.45, 7) is 3.36. The number of nitrogens with one attached hydrogen (secondary N) is 1. The second kappa shape index (κ2) is 9.04. The highest BCUT2D eigenvalue weighted by molar-refractivity contribution is 5.32. The molecule has 0 radical (unpaired) electrons. The van der Waals surface area contributed by atoms with Crippen LogP contribution in [-0.4, -0.2) is 17.6 Å². The van der Waals surface area contributed by atoms with Crippen LogP contribution in [0.25, 0.3) is 0 Å². The molecule has 0 aliphatic heterocycles. The Balaban J connectivity index is 2.01. The van der Waals surface area contributed by atoms with E-state index in [0.29, 0.717) is 11.9 Å². The Kier molecular flexibility index (Phi) is 7.01. The highest BCUT2D eigenvalue weighted by Crippen LogP contribution is 2.26. The summed E-state index contributed by atoms with van der Waals surface area (Å²) < 4.78 is 0. The molecule has 1 aliphatic rings. The summed E-state index contributed by atoms with van der Waals surface area (Å²) in [6, 6.07) is 4.73. The molecule has 1 saturated carbocycles. The first kappa shape index (κ1) is 16.3. The highest BCUT2D eigenvalue weighted by atomic mass is 14.9. The Morgan fingerprint density at radius 3 is 2.62 bits per heavy atom. The van der Waals surface area contributed by atoms with Crippen LogP contribution in [0.2, 0.25) is 0 Å². The van der Waals surface area contributed by atoms with Crippen molar-refractivity contribution in [3.8, 4) is 0 Å². The first-order valence-electron chi connectivity index (χ1n) is 8.73. The van der Waals surface area contributed by atoms with E-state index in [9.17, 15) is 0 Å². The maximum atomic E-state index is 5.83. The summed E-state index contributed by atoms with van der Waals surface area (Å²) in [5.41, 5.74) is 7.14. The number of anilines is 1. The number of rotatable bonds is 6. The van der Waals surface area contributed by atoms with Gasteiger partial charge >= 0.3 is 0 Å². The van der Waals surface area contributed by atoms with Gasteiger partial charge in [0.1, 0.15) is 5.82 Å². The average molecular weight is 289 g/mol. The van der Waals surface area contributed by atoms with E-state index in [-0.39, 0.29) is 0 Å². The van der Waals surface area contributed by atoms with Gasteiger partial charge in [0, 0.05) is 12.2 Å². The molecule has 1 atom stereocenters. The largest absolute Gasteiger partial charge is 0.384 e. The molecule has 118 valence electrons. The molecular weight excluding hydrogens is 258 g/mol. The predicted octanol–water partition coefficient (Wildman–Crippen LogP) is 3.94. The quantitative estimate of drug-likeness (QED) is 0.834. The van der Waals surface area contributed by atoms with Gasteiger partial charge in [0.15, 0.2) is 0 Å². The van der Waals surface area contributed by atoms with Crippen molar-refractivity contribution < 1.29 is 0 Å². The van der Waals surface area contributed by atoms with Crippen LogP contribution in [0, 0.1) is 5.92 Å². The average Bonchev–Trinajstić information content (AvgIpc) is 2.43. The number of nitrogens with two attached hydrogens (primary N) is 1. The van der Waals surface area contributed by atoms with Crippen LogP contribution in [0.1, 0.15) is 63.9 Å². The van der Waals surface area contributed by atoms with Gasteiger partial charge in [-0.05, 0) is 55.8 Å². The van der Waals surface area contributed by atoms with Crippen molar-refractivity contribution in [1.29, 1.82) is 0 Å². The van der Waals surface area contributed by atoms with Crippen molar-refractivity contribution in [2.45, 2.75) is 70.8 Å². The number of nitrogen functional groups attached to an aromatic ring is 1. The summed E-state index contributed by atoms with van der Waals surface area (Å²) in [5.74, 6) is 1.45. The molecule has 0 saturated heterocycles. The fourth-order valence-electron chi connectivity index (χ4n) is 3.50. The minimum Gasteiger partial charge on any atom is -0.384 e. The number of aromatic nitrogens is 1. The number of hydrogen-bond acceptors (Lipinski definition) is 3. The van der Waals surface area contributed by atoms with E-state index in [1.807, 2.05) is 12.3 Å². The van der Waals surface area contributed by atoms with Crippen molar-refractivity contribution in [3.05, 3.63) is 23.9 Å². The first-order valence-corrected chi connectivity index (χ1v) is 8.73. The smallest absolute Gasteiger partial charge is 0.123 e. The van der Waals surface area contributed by atoms with E-state index >= 15 is 0 Å². The van der Waals surface area contributed by atoms with Gasteiger partial charge in [-0.15, -0.1) is 0 Å². The molecule has 0 amide bonds. The molecule has 21 heavy (non-hydrogen) atoms. The molecule has 2 rings (SSSR count). The second-order valence-electron chi connectivity index (χ2n) is 6.46. The minimum atomic E-state index is 0.588. The number of nitrogens with zero attached hydrogens (tertiary/aromatic N) is 1. The van der Waals surface area contributed by atoms with Crippen molar-refractivity contribution in [1.82, 2.24) is 10.3 Å². The van der Waals surface area contributed by atoms with Gasteiger partial charge in [0.25, 0.3) is 0 Å². The molecule has 0 spiro atoms. The molecule has 1 heterocycles. The van der Waals surface area contributed by atoms with Gasteiger partial charge in [0.05, 0.1) is 0 Å². The molecule has 0 bridgehead atoms. The molecule has 3 heteroatoms. The first-order chi connectivity index (χ1) is 10.3. The fourth-order valence-corrected chi connectivity index (χ4v) is 3.50. The maximum Gasteiger partial charge on any atom is 0.123 e. The Morgan fingerprint density at radius 1 is 1.24 bits per heavy atom. The monoisotopic (exact) mass is 289 g/mol. The number of pyridine rings is 1. The molecule has 1 unspecified atom stereocenters. The zero-order valence-electron chi connectivity index (χ0n) is 13.5.